The van der Waals surface area contributed by atoms with Gasteiger partial charge >= 0.3 is 0 Å². The maximum Gasteiger partial charge on any atom is 0.271 e. The molecule has 26 heavy (non-hydrogen) atoms. The fourth-order valence-corrected chi connectivity index (χ4v) is 2.68. The summed E-state index contributed by atoms with van der Waals surface area (Å²) in [6, 6.07) is 10.6. The average Bonchev–Trinajstić information content (AvgIpc) is 2.56. The van der Waals surface area contributed by atoms with Crippen LogP contribution in [-0.2, 0) is 4.79 Å². The minimum absolute atomic E-state index is 0.0920. The van der Waals surface area contributed by atoms with E-state index in [0.717, 1.165) is 22.4 Å². The molecule has 0 aromatic heterocycles. The summed E-state index contributed by atoms with van der Waals surface area (Å²) in [7, 11) is 0. The van der Waals surface area contributed by atoms with Gasteiger partial charge in [0.15, 0.2) is 0 Å². The number of hydrogen-bond donors (Lipinski definition) is 3. The van der Waals surface area contributed by atoms with Crippen LogP contribution in [0.3, 0.4) is 0 Å². The van der Waals surface area contributed by atoms with Crippen molar-refractivity contribution in [3.8, 4) is 0 Å². The van der Waals surface area contributed by atoms with E-state index >= 15 is 0 Å². The molecule has 0 aliphatic heterocycles. The first-order valence-corrected chi connectivity index (χ1v) is 8.33. The number of rotatable bonds is 5. The zero-order valence-corrected chi connectivity index (χ0v) is 15.5. The van der Waals surface area contributed by atoms with Crippen LogP contribution < -0.4 is 16.5 Å². The lowest BCUT2D eigenvalue weighted by Crippen LogP contribution is -2.22. The van der Waals surface area contributed by atoms with Crippen LogP contribution in [0, 0.1) is 20.8 Å². The molecule has 0 aliphatic rings. The Kier molecular flexibility index (Phi) is 6.11. The zero-order chi connectivity index (χ0) is 19.3. The van der Waals surface area contributed by atoms with Crippen LogP contribution in [0.4, 0.5) is 11.4 Å². The highest BCUT2D eigenvalue weighted by Gasteiger charge is 2.10. The molecule has 0 saturated carbocycles. The fraction of sp³-hybridized carbons (Fsp3) is 0.250. The van der Waals surface area contributed by atoms with Gasteiger partial charge in [0.2, 0.25) is 5.91 Å². The average molecular weight is 352 g/mol. The summed E-state index contributed by atoms with van der Waals surface area (Å²) in [5.41, 5.74) is 13.6. The Labute approximate surface area is 153 Å². The van der Waals surface area contributed by atoms with Crippen molar-refractivity contribution in [2.24, 2.45) is 5.10 Å². The molecule has 0 fully saturated rings. The van der Waals surface area contributed by atoms with E-state index in [2.05, 4.69) is 15.8 Å². The number of carbonyl (C=O) groups is 2. The summed E-state index contributed by atoms with van der Waals surface area (Å²) in [5, 5.41) is 6.90. The number of carbonyl (C=O) groups excluding carboxylic acids is 2. The second kappa shape index (κ2) is 8.29. The van der Waals surface area contributed by atoms with Crippen molar-refractivity contribution < 1.29 is 9.59 Å². The third-order valence-corrected chi connectivity index (χ3v) is 3.88. The molecule has 0 aliphatic carbocycles. The lowest BCUT2D eigenvalue weighted by atomic mass is 10.0. The molecule has 0 radical (unpaired) electrons. The van der Waals surface area contributed by atoms with Gasteiger partial charge in [-0.15, -0.1) is 0 Å². The minimum atomic E-state index is -0.352. The first kappa shape index (κ1) is 19.2. The van der Waals surface area contributed by atoms with Crippen LogP contribution in [0.2, 0.25) is 0 Å². The zero-order valence-electron chi connectivity index (χ0n) is 15.5. The summed E-state index contributed by atoms with van der Waals surface area (Å²) in [6.07, 6.45) is 0.0920. The van der Waals surface area contributed by atoms with Crippen molar-refractivity contribution in [3.63, 3.8) is 0 Å². The largest absolute Gasteiger partial charge is 0.399 e. The van der Waals surface area contributed by atoms with E-state index in [4.69, 9.17) is 5.73 Å². The molecule has 2 rings (SSSR count). The first-order valence-electron chi connectivity index (χ1n) is 8.33. The van der Waals surface area contributed by atoms with Crippen LogP contribution in [0.1, 0.15) is 40.4 Å². The summed E-state index contributed by atoms with van der Waals surface area (Å²) < 4.78 is 0. The third kappa shape index (κ3) is 5.17. The molecule has 2 amide bonds. The molecule has 2 aromatic carbocycles. The Hall–Kier alpha value is -3.15. The van der Waals surface area contributed by atoms with Crippen molar-refractivity contribution in [2.75, 3.05) is 11.1 Å². The quantitative estimate of drug-likeness (QED) is 0.437. The number of amides is 2. The Balaban J connectivity index is 1.95. The second-order valence-corrected chi connectivity index (χ2v) is 6.41. The first-order chi connectivity index (χ1) is 12.3. The Bertz CT molecular complexity index is 832. The molecule has 0 saturated heterocycles. The van der Waals surface area contributed by atoms with Gasteiger partial charge in [-0.05, 0) is 63.1 Å². The van der Waals surface area contributed by atoms with E-state index in [9.17, 15) is 9.59 Å². The summed E-state index contributed by atoms with van der Waals surface area (Å²) in [4.78, 5) is 24.2. The number of nitrogen functional groups attached to an aromatic ring is 1. The Morgan fingerprint density at radius 1 is 1.04 bits per heavy atom. The van der Waals surface area contributed by atoms with Crippen LogP contribution in [0.5, 0.6) is 0 Å². The number of nitrogens with two attached hydrogens (primary N) is 1. The molecule has 0 bridgehead atoms. The van der Waals surface area contributed by atoms with Crippen LogP contribution in [0.15, 0.2) is 41.5 Å². The van der Waals surface area contributed by atoms with Gasteiger partial charge in [0.1, 0.15) is 0 Å². The predicted octanol–water partition coefficient (Wildman–Crippen LogP) is 3.33. The number of benzene rings is 2. The van der Waals surface area contributed by atoms with Crippen LogP contribution in [-0.4, -0.2) is 17.5 Å². The van der Waals surface area contributed by atoms with Gasteiger partial charge in [-0.1, -0.05) is 17.7 Å². The SMILES string of the molecule is C/C(CC(=O)Nc1c(C)cc(C)cc1C)=N\NC(=O)c1ccc(N)cc1. The predicted molar refractivity (Wildman–Crippen MR) is 105 cm³/mol. The molecule has 0 unspecified atom stereocenters. The lowest BCUT2D eigenvalue weighted by molar-refractivity contribution is -0.115. The lowest BCUT2D eigenvalue weighted by Gasteiger charge is -2.12. The van der Waals surface area contributed by atoms with Gasteiger partial charge in [0.25, 0.3) is 5.91 Å². The van der Waals surface area contributed by atoms with Gasteiger partial charge in [-0.2, -0.15) is 5.10 Å². The van der Waals surface area contributed by atoms with Crippen LogP contribution in [0.25, 0.3) is 0 Å². The maximum absolute atomic E-state index is 12.2. The van der Waals surface area contributed by atoms with Crippen molar-refractivity contribution in [1.29, 1.82) is 0 Å². The highest BCUT2D eigenvalue weighted by Crippen LogP contribution is 2.22. The smallest absolute Gasteiger partial charge is 0.271 e. The number of nitrogens with one attached hydrogen (secondary N) is 2. The maximum atomic E-state index is 12.2. The van der Waals surface area contributed by atoms with Crippen molar-refractivity contribution in [1.82, 2.24) is 5.43 Å². The van der Waals surface area contributed by atoms with Crippen molar-refractivity contribution in [3.05, 3.63) is 58.7 Å². The number of aryl methyl sites for hydroxylation is 3. The van der Waals surface area contributed by atoms with E-state index in [1.54, 1.807) is 31.2 Å². The molecular formula is C20H24N4O2. The Morgan fingerprint density at radius 2 is 1.62 bits per heavy atom. The van der Waals surface area contributed by atoms with Crippen LogP contribution >= 0.6 is 0 Å². The molecule has 6 nitrogen and oxygen atoms in total. The monoisotopic (exact) mass is 352 g/mol. The molecule has 0 heterocycles. The minimum Gasteiger partial charge on any atom is -0.399 e. The summed E-state index contributed by atoms with van der Waals surface area (Å²) >= 11 is 0. The van der Waals surface area contributed by atoms with E-state index < -0.39 is 0 Å². The number of nitrogens with zero attached hydrogens (tertiary/aromatic N) is 1. The molecule has 0 spiro atoms. The molecule has 4 N–H and O–H groups in total. The molecule has 6 heteroatoms. The Morgan fingerprint density at radius 3 is 2.19 bits per heavy atom. The van der Waals surface area contributed by atoms with E-state index in [1.165, 1.54) is 0 Å². The fourth-order valence-electron chi connectivity index (χ4n) is 2.68. The normalized spacial score (nSPS) is 11.2. The summed E-state index contributed by atoms with van der Waals surface area (Å²) in [5.74, 6) is -0.530. The topological polar surface area (TPSA) is 96.6 Å². The van der Waals surface area contributed by atoms with Gasteiger partial charge in [0.05, 0.1) is 6.42 Å². The molecule has 0 atom stereocenters. The van der Waals surface area contributed by atoms with E-state index in [0.29, 0.717) is 17.0 Å². The number of anilines is 2. The number of hydrazone groups is 1. The second-order valence-electron chi connectivity index (χ2n) is 6.41. The summed E-state index contributed by atoms with van der Waals surface area (Å²) in [6.45, 7) is 7.64. The van der Waals surface area contributed by atoms with Gasteiger partial charge in [-0.25, -0.2) is 5.43 Å². The van der Waals surface area contributed by atoms with E-state index in [1.807, 2.05) is 32.9 Å². The number of hydrogen-bond acceptors (Lipinski definition) is 4. The van der Waals surface area contributed by atoms with Gasteiger partial charge < -0.3 is 11.1 Å². The highest BCUT2D eigenvalue weighted by molar-refractivity contribution is 6.06. The van der Waals surface area contributed by atoms with Gasteiger partial charge in [0, 0.05) is 22.6 Å². The van der Waals surface area contributed by atoms with Crippen molar-refractivity contribution >= 4 is 28.9 Å². The molecular weight excluding hydrogens is 328 g/mol. The standard InChI is InChI=1S/C20H24N4O2/c1-12-9-13(2)19(14(3)10-12)22-18(25)11-15(4)23-24-20(26)16-5-7-17(21)8-6-16/h5-10H,11,21H2,1-4H3,(H,22,25)(H,24,26)/b23-15+. The van der Waals surface area contributed by atoms with Gasteiger partial charge in [-0.3, -0.25) is 9.59 Å². The molecule has 2 aromatic rings. The molecule has 136 valence electrons. The third-order valence-electron chi connectivity index (χ3n) is 3.88. The highest BCUT2D eigenvalue weighted by atomic mass is 16.2. The van der Waals surface area contributed by atoms with E-state index in [-0.39, 0.29) is 18.2 Å². The van der Waals surface area contributed by atoms with Crippen molar-refractivity contribution in [2.45, 2.75) is 34.1 Å².